The summed E-state index contributed by atoms with van der Waals surface area (Å²) in [5.41, 5.74) is 1.97. The SMILES string of the molecule is CC(=O)c1ccc([N+](C)(C)C)cc1.[I-]. The molecule has 1 aromatic carbocycles. The van der Waals surface area contributed by atoms with Crippen molar-refractivity contribution in [3.63, 3.8) is 0 Å². The standard InChI is InChI=1S/C11H16NO.HI/c1-9(13)10-5-7-11(8-6-10)12(2,3)4;/h5-8H,1-4H3;1H/q+1;/p-1. The van der Waals surface area contributed by atoms with Crippen LogP contribution in [-0.2, 0) is 0 Å². The van der Waals surface area contributed by atoms with Gasteiger partial charge in [-0.15, -0.1) is 0 Å². The molecule has 0 aliphatic heterocycles. The molecule has 0 spiro atoms. The number of quaternary nitrogens is 1. The fraction of sp³-hybridized carbons (Fsp3) is 0.364. The minimum absolute atomic E-state index is 0. The van der Waals surface area contributed by atoms with Crippen LogP contribution in [0.1, 0.15) is 17.3 Å². The van der Waals surface area contributed by atoms with Crippen molar-refractivity contribution in [2.75, 3.05) is 21.1 Å². The molecule has 0 amide bonds. The number of rotatable bonds is 2. The summed E-state index contributed by atoms with van der Waals surface area (Å²) in [4.78, 5) is 11.0. The Labute approximate surface area is 103 Å². The van der Waals surface area contributed by atoms with E-state index in [0.29, 0.717) is 0 Å². The summed E-state index contributed by atoms with van der Waals surface area (Å²) >= 11 is 0. The predicted octanol–water partition coefficient (Wildman–Crippen LogP) is -0.910. The summed E-state index contributed by atoms with van der Waals surface area (Å²) in [5, 5.41) is 0. The molecule has 0 N–H and O–H groups in total. The van der Waals surface area contributed by atoms with E-state index in [1.807, 2.05) is 24.3 Å². The smallest absolute Gasteiger partial charge is 0.159 e. The van der Waals surface area contributed by atoms with Gasteiger partial charge in [-0.1, -0.05) is 0 Å². The van der Waals surface area contributed by atoms with Gasteiger partial charge in [-0.2, -0.15) is 0 Å². The first-order valence-electron chi connectivity index (χ1n) is 4.34. The minimum atomic E-state index is 0. The monoisotopic (exact) mass is 305 g/mol. The van der Waals surface area contributed by atoms with Gasteiger partial charge in [0.05, 0.1) is 21.1 Å². The lowest BCUT2D eigenvalue weighted by molar-refractivity contribution is -0.0000110. The van der Waals surface area contributed by atoms with Crippen LogP contribution in [0, 0.1) is 0 Å². The van der Waals surface area contributed by atoms with E-state index in [1.54, 1.807) is 6.92 Å². The van der Waals surface area contributed by atoms with Crippen LogP contribution in [0.15, 0.2) is 24.3 Å². The lowest BCUT2D eigenvalue weighted by atomic mass is 10.1. The van der Waals surface area contributed by atoms with Crippen molar-refractivity contribution in [2.45, 2.75) is 6.92 Å². The van der Waals surface area contributed by atoms with E-state index in [1.165, 1.54) is 5.69 Å². The Kier molecular flexibility index (Phi) is 4.74. The lowest BCUT2D eigenvalue weighted by Gasteiger charge is -2.23. The Morgan fingerprint density at radius 3 is 1.79 bits per heavy atom. The summed E-state index contributed by atoms with van der Waals surface area (Å²) < 4.78 is 0.776. The molecule has 0 saturated carbocycles. The molecule has 14 heavy (non-hydrogen) atoms. The molecule has 0 saturated heterocycles. The second-order valence-corrected chi connectivity index (χ2v) is 4.12. The third kappa shape index (κ3) is 3.38. The molecule has 0 aliphatic rings. The van der Waals surface area contributed by atoms with E-state index in [-0.39, 0.29) is 29.8 Å². The maximum Gasteiger partial charge on any atom is 0.159 e. The molecule has 0 aliphatic carbocycles. The molecule has 0 radical (unpaired) electrons. The molecule has 0 bridgehead atoms. The molecule has 0 unspecified atom stereocenters. The molecule has 2 nitrogen and oxygen atoms in total. The zero-order valence-corrected chi connectivity index (χ0v) is 11.2. The number of hydrogen-bond acceptors (Lipinski definition) is 1. The first kappa shape index (κ1) is 13.6. The lowest BCUT2D eigenvalue weighted by Crippen LogP contribution is -3.00. The molecule has 1 aromatic rings. The van der Waals surface area contributed by atoms with Crippen LogP contribution in [0.4, 0.5) is 5.69 Å². The normalized spacial score (nSPS) is 10.6. The van der Waals surface area contributed by atoms with E-state index in [0.717, 1.165) is 10.0 Å². The van der Waals surface area contributed by atoms with Gasteiger partial charge in [-0.05, 0) is 31.2 Å². The molecular formula is C11H16INO. The number of carbonyl (C=O) groups is 1. The molecule has 3 heteroatoms. The molecule has 0 fully saturated rings. The van der Waals surface area contributed by atoms with Crippen molar-refractivity contribution in [2.24, 2.45) is 0 Å². The molecule has 0 atom stereocenters. The Morgan fingerprint density at radius 2 is 1.50 bits per heavy atom. The van der Waals surface area contributed by atoms with Gasteiger partial charge in [0.2, 0.25) is 0 Å². The zero-order valence-electron chi connectivity index (χ0n) is 9.04. The maximum atomic E-state index is 11.0. The fourth-order valence-electron chi connectivity index (χ4n) is 1.14. The van der Waals surface area contributed by atoms with Crippen molar-refractivity contribution < 1.29 is 28.8 Å². The van der Waals surface area contributed by atoms with E-state index in [9.17, 15) is 4.79 Å². The summed E-state index contributed by atoms with van der Waals surface area (Å²) in [6, 6.07) is 7.75. The number of hydrogen-bond donors (Lipinski definition) is 0. The average molecular weight is 305 g/mol. The Bertz CT molecular complexity index is 311. The van der Waals surface area contributed by atoms with Gasteiger partial charge in [-0.3, -0.25) is 9.28 Å². The van der Waals surface area contributed by atoms with Crippen LogP contribution in [0.2, 0.25) is 0 Å². The fourth-order valence-corrected chi connectivity index (χ4v) is 1.14. The third-order valence-electron chi connectivity index (χ3n) is 2.05. The van der Waals surface area contributed by atoms with Gasteiger partial charge in [0, 0.05) is 5.56 Å². The van der Waals surface area contributed by atoms with Crippen LogP contribution in [0.3, 0.4) is 0 Å². The average Bonchev–Trinajstić information content (AvgIpc) is 2.03. The number of Topliss-reactive ketones (excluding diaryl/α,β-unsaturated/α-hetero) is 1. The summed E-state index contributed by atoms with van der Waals surface area (Å²) in [5.74, 6) is 0.118. The second-order valence-electron chi connectivity index (χ2n) is 4.12. The van der Waals surface area contributed by atoms with Crippen LogP contribution in [0.25, 0.3) is 0 Å². The van der Waals surface area contributed by atoms with Gasteiger partial charge in [-0.25, -0.2) is 0 Å². The first-order chi connectivity index (χ1) is 5.91. The molecular weight excluding hydrogens is 289 g/mol. The van der Waals surface area contributed by atoms with Crippen molar-refractivity contribution in [1.29, 1.82) is 0 Å². The number of nitrogens with zero attached hydrogens (tertiary/aromatic N) is 1. The maximum absolute atomic E-state index is 11.0. The summed E-state index contributed by atoms with van der Waals surface area (Å²) in [6.07, 6.45) is 0. The highest BCUT2D eigenvalue weighted by Gasteiger charge is 2.11. The minimum Gasteiger partial charge on any atom is -1.00 e. The predicted molar refractivity (Wildman–Crippen MR) is 56.0 cm³/mol. The van der Waals surface area contributed by atoms with Gasteiger partial charge in [0.25, 0.3) is 0 Å². The highest BCUT2D eigenvalue weighted by atomic mass is 127. The Balaban J connectivity index is 0.00000169. The van der Waals surface area contributed by atoms with Crippen LogP contribution in [0.5, 0.6) is 0 Å². The highest BCUT2D eigenvalue weighted by Crippen LogP contribution is 2.17. The zero-order chi connectivity index (χ0) is 10.1. The molecule has 78 valence electrons. The van der Waals surface area contributed by atoms with E-state index < -0.39 is 0 Å². The number of halogens is 1. The van der Waals surface area contributed by atoms with Crippen molar-refractivity contribution in [3.8, 4) is 0 Å². The Morgan fingerprint density at radius 1 is 1.07 bits per heavy atom. The van der Waals surface area contributed by atoms with E-state index in [4.69, 9.17) is 0 Å². The quantitative estimate of drug-likeness (QED) is 0.393. The second kappa shape index (κ2) is 4.89. The number of carbonyl (C=O) groups excluding carboxylic acids is 1. The molecule has 0 heterocycles. The van der Waals surface area contributed by atoms with Gasteiger partial charge < -0.3 is 24.0 Å². The van der Waals surface area contributed by atoms with Crippen LogP contribution < -0.4 is 28.5 Å². The van der Waals surface area contributed by atoms with Crippen molar-refractivity contribution >= 4 is 11.5 Å². The summed E-state index contributed by atoms with van der Waals surface area (Å²) in [7, 11) is 6.30. The highest BCUT2D eigenvalue weighted by molar-refractivity contribution is 5.94. The molecule has 1 rings (SSSR count). The Hall–Kier alpha value is -0.420. The summed E-state index contributed by atoms with van der Waals surface area (Å²) in [6.45, 7) is 1.58. The van der Waals surface area contributed by atoms with E-state index in [2.05, 4.69) is 21.1 Å². The largest absolute Gasteiger partial charge is 1.00 e. The van der Waals surface area contributed by atoms with E-state index >= 15 is 0 Å². The van der Waals surface area contributed by atoms with Gasteiger partial charge in [0.1, 0.15) is 5.69 Å². The molecule has 0 aromatic heterocycles. The topological polar surface area (TPSA) is 17.1 Å². The van der Waals surface area contributed by atoms with Gasteiger partial charge >= 0.3 is 0 Å². The number of benzene rings is 1. The van der Waals surface area contributed by atoms with Crippen molar-refractivity contribution in [3.05, 3.63) is 29.8 Å². The van der Waals surface area contributed by atoms with Crippen molar-refractivity contribution in [1.82, 2.24) is 4.48 Å². The van der Waals surface area contributed by atoms with Crippen LogP contribution >= 0.6 is 0 Å². The first-order valence-corrected chi connectivity index (χ1v) is 4.34. The van der Waals surface area contributed by atoms with Gasteiger partial charge in [0.15, 0.2) is 5.78 Å². The third-order valence-corrected chi connectivity index (χ3v) is 2.05. The van der Waals surface area contributed by atoms with Crippen LogP contribution in [-0.4, -0.2) is 26.9 Å². The number of ketones is 1.